The van der Waals surface area contributed by atoms with Crippen molar-refractivity contribution < 1.29 is 9.90 Å². The van der Waals surface area contributed by atoms with Crippen molar-refractivity contribution in [3.63, 3.8) is 0 Å². The van der Waals surface area contributed by atoms with Gasteiger partial charge in [0.05, 0.1) is 16.8 Å². The van der Waals surface area contributed by atoms with Crippen LogP contribution >= 0.6 is 15.9 Å². The minimum Gasteiger partial charge on any atom is -0.478 e. The minimum absolute atomic E-state index is 0.0772. The number of hydrogen-bond donors (Lipinski definition) is 1. The Balaban J connectivity index is 2.16. The molecular formula is C20H18BrNO2. The summed E-state index contributed by atoms with van der Waals surface area (Å²) in [6, 6.07) is 15.3. The summed E-state index contributed by atoms with van der Waals surface area (Å²) in [7, 11) is 0. The van der Waals surface area contributed by atoms with Crippen molar-refractivity contribution in [3.05, 3.63) is 64.1 Å². The first-order valence-electron chi connectivity index (χ1n) is 7.70. The second-order valence-corrected chi connectivity index (χ2v) is 7.76. The second kappa shape index (κ2) is 6.02. The van der Waals surface area contributed by atoms with Gasteiger partial charge in [-0.25, -0.2) is 9.78 Å². The van der Waals surface area contributed by atoms with Gasteiger partial charge in [-0.05, 0) is 35.2 Å². The van der Waals surface area contributed by atoms with E-state index in [1.807, 2.05) is 24.3 Å². The van der Waals surface area contributed by atoms with Crippen molar-refractivity contribution >= 4 is 32.8 Å². The molecule has 1 N–H and O–H groups in total. The molecule has 0 spiro atoms. The summed E-state index contributed by atoms with van der Waals surface area (Å²) in [6.45, 7) is 6.49. The van der Waals surface area contributed by atoms with Crippen LogP contribution in [0.5, 0.6) is 0 Å². The molecule has 3 aromatic rings. The number of benzene rings is 2. The van der Waals surface area contributed by atoms with Crippen LogP contribution in [0.1, 0.15) is 36.7 Å². The normalized spacial score (nSPS) is 11.7. The minimum atomic E-state index is -0.951. The predicted molar refractivity (Wildman–Crippen MR) is 101 cm³/mol. The number of carboxylic acid groups (broad SMARTS) is 1. The third kappa shape index (κ3) is 3.20. The number of hydrogen-bond acceptors (Lipinski definition) is 2. The van der Waals surface area contributed by atoms with Gasteiger partial charge in [0.25, 0.3) is 0 Å². The molecule has 122 valence electrons. The maximum atomic E-state index is 11.7. The number of carboxylic acids is 1. The lowest BCUT2D eigenvalue weighted by molar-refractivity contribution is 0.0699. The van der Waals surface area contributed by atoms with Gasteiger partial charge in [0.2, 0.25) is 0 Å². The van der Waals surface area contributed by atoms with E-state index in [1.165, 1.54) is 5.56 Å². The Bertz CT molecular complexity index is 925. The second-order valence-electron chi connectivity index (χ2n) is 6.85. The molecule has 0 unspecified atom stereocenters. The molecule has 24 heavy (non-hydrogen) atoms. The van der Waals surface area contributed by atoms with E-state index in [-0.39, 0.29) is 11.0 Å². The molecule has 0 aliphatic rings. The number of halogens is 1. The van der Waals surface area contributed by atoms with Crippen LogP contribution in [0.2, 0.25) is 0 Å². The zero-order chi connectivity index (χ0) is 17.5. The fourth-order valence-corrected chi connectivity index (χ4v) is 3.02. The smallest absolute Gasteiger partial charge is 0.336 e. The first-order chi connectivity index (χ1) is 11.3. The first-order valence-corrected chi connectivity index (χ1v) is 8.49. The monoisotopic (exact) mass is 383 g/mol. The van der Waals surface area contributed by atoms with E-state index in [0.29, 0.717) is 16.6 Å². The van der Waals surface area contributed by atoms with Gasteiger partial charge < -0.3 is 5.11 Å². The van der Waals surface area contributed by atoms with Gasteiger partial charge in [-0.2, -0.15) is 0 Å². The van der Waals surface area contributed by atoms with Gasteiger partial charge in [-0.3, -0.25) is 0 Å². The summed E-state index contributed by atoms with van der Waals surface area (Å²) in [5.41, 5.74) is 3.82. The van der Waals surface area contributed by atoms with Crippen molar-refractivity contribution in [3.8, 4) is 11.3 Å². The Labute approximate surface area is 149 Å². The number of carbonyl (C=O) groups is 1. The predicted octanol–water partition coefficient (Wildman–Crippen LogP) is 5.66. The lowest BCUT2D eigenvalue weighted by Gasteiger charge is -2.19. The molecule has 0 saturated heterocycles. The van der Waals surface area contributed by atoms with Gasteiger partial charge in [0.15, 0.2) is 0 Å². The Morgan fingerprint density at radius 3 is 2.29 bits per heavy atom. The van der Waals surface area contributed by atoms with Crippen molar-refractivity contribution in [2.45, 2.75) is 26.2 Å². The SMILES string of the molecule is CC(C)(C)c1ccc(-c2cc(C(=O)O)c3cc(Br)ccc3n2)cc1. The molecule has 0 radical (unpaired) electrons. The molecule has 0 atom stereocenters. The summed E-state index contributed by atoms with van der Waals surface area (Å²) in [6.07, 6.45) is 0. The zero-order valence-electron chi connectivity index (χ0n) is 13.8. The van der Waals surface area contributed by atoms with Gasteiger partial charge in [0, 0.05) is 15.4 Å². The van der Waals surface area contributed by atoms with Crippen molar-refractivity contribution in [1.29, 1.82) is 0 Å². The first kappa shape index (κ1) is 16.7. The van der Waals surface area contributed by atoms with Gasteiger partial charge in [0.1, 0.15) is 0 Å². The third-order valence-electron chi connectivity index (χ3n) is 4.05. The quantitative estimate of drug-likeness (QED) is 0.620. The molecule has 0 aliphatic heterocycles. The van der Waals surface area contributed by atoms with Crippen molar-refractivity contribution in [1.82, 2.24) is 4.98 Å². The Kier molecular flexibility index (Phi) is 4.18. The van der Waals surface area contributed by atoms with Crippen LogP contribution in [0, 0.1) is 0 Å². The standard InChI is InChI=1S/C20H18BrNO2/c1-20(2,3)13-6-4-12(5-7-13)18-11-16(19(23)24)15-10-14(21)8-9-17(15)22-18/h4-11H,1-3H3,(H,23,24). The third-order valence-corrected chi connectivity index (χ3v) is 4.54. The summed E-state index contributed by atoms with van der Waals surface area (Å²) in [5, 5.41) is 10.2. The Morgan fingerprint density at radius 2 is 1.71 bits per heavy atom. The fraction of sp³-hybridized carbons (Fsp3) is 0.200. The van der Waals surface area contributed by atoms with Gasteiger partial charge in [-0.15, -0.1) is 0 Å². The van der Waals surface area contributed by atoms with E-state index in [9.17, 15) is 9.90 Å². The van der Waals surface area contributed by atoms with Crippen molar-refractivity contribution in [2.75, 3.05) is 0 Å². The van der Waals surface area contributed by atoms with E-state index in [2.05, 4.69) is 53.8 Å². The summed E-state index contributed by atoms with van der Waals surface area (Å²) >= 11 is 3.38. The Hall–Kier alpha value is -2.20. The number of nitrogens with zero attached hydrogens (tertiary/aromatic N) is 1. The molecule has 1 aromatic heterocycles. The highest BCUT2D eigenvalue weighted by Gasteiger charge is 2.15. The van der Waals surface area contributed by atoms with Gasteiger partial charge >= 0.3 is 5.97 Å². The average molecular weight is 384 g/mol. The van der Waals surface area contributed by atoms with Crippen LogP contribution < -0.4 is 0 Å². The zero-order valence-corrected chi connectivity index (χ0v) is 15.4. The number of fused-ring (bicyclic) bond motifs is 1. The number of rotatable bonds is 2. The lowest BCUT2D eigenvalue weighted by Crippen LogP contribution is -2.10. The van der Waals surface area contributed by atoms with Crippen molar-refractivity contribution in [2.24, 2.45) is 0 Å². The van der Waals surface area contributed by atoms with Crippen LogP contribution in [0.3, 0.4) is 0 Å². The number of pyridine rings is 1. The highest BCUT2D eigenvalue weighted by Crippen LogP contribution is 2.29. The van der Waals surface area contributed by atoms with E-state index < -0.39 is 5.97 Å². The molecule has 0 bridgehead atoms. The summed E-state index contributed by atoms with van der Waals surface area (Å²) < 4.78 is 0.835. The fourth-order valence-electron chi connectivity index (χ4n) is 2.66. The maximum Gasteiger partial charge on any atom is 0.336 e. The topological polar surface area (TPSA) is 50.2 Å². The van der Waals surface area contributed by atoms with E-state index in [0.717, 1.165) is 10.0 Å². The molecule has 3 rings (SSSR count). The lowest BCUT2D eigenvalue weighted by atomic mass is 9.86. The van der Waals surface area contributed by atoms with Crippen LogP contribution in [-0.2, 0) is 5.41 Å². The van der Waals surface area contributed by atoms with E-state index in [1.54, 1.807) is 12.1 Å². The van der Waals surface area contributed by atoms with Crippen LogP contribution in [0.15, 0.2) is 53.0 Å². The highest BCUT2D eigenvalue weighted by atomic mass is 79.9. The maximum absolute atomic E-state index is 11.7. The Morgan fingerprint density at radius 1 is 1.04 bits per heavy atom. The van der Waals surface area contributed by atoms with Crippen LogP contribution in [0.25, 0.3) is 22.2 Å². The molecule has 3 nitrogen and oxygen atoms in total. The molecule has 1 heterocycles. The van der Waals surface area contributed by atoms with E-state index in [4.69, 9.17) is 0 Å². The molecular weight excluding hydrogens is 366 g/mol. The molecule has 4 heteroatoms. The highest BCUT2D eigenvalue weighted by molar-refractivity contribution is 9.10. The molecule has 2 aromatic carbocycles. The largest absolute Gasteiger partial charge is 0.478 e. The summed E-state index contributed by atoms with van der Waals surface area (Å²) in [5.74, 6) is -0.951. The van der Waals surface area contributed by atoms with Crippen LogP contribution in [-0.4, -0.2) is 16.1 Å². The molecule has 0 aliphatic carbocycles. The molecule has 0 amide bonds. The summed E-state index contributed by atoms with van der Waals surface area (Å²) in [4.78, 5) is 16.3. The average Bonchev–Trinajstić information content (AvgIpc) is 2.53. The number of aromatic nitrogens is 1. The number of aromatic carboxylic acids is 1. The van der Waals surface area contributed by atoms with Gasteiger partial charge in [-0.1, -0.05) is 61.0 Å². The van der Waals surface area contributed by atoms with Crippen LogP contribution in [0.4, 0.5) is 0 Å². The molecule has 0 saturated carbocycles. The van der Waals surface area contributed by atoms with E-state index >= 15 is 0 Å². The molecule has 0 fully saturated rings.